The van der Waals surface area contributed by atoms with Gasteiger partial charge < -0.3 is 14.2 Å². The van der Waals surface area contributed by atoms with Crippen LogP contribution in [-0.4, -0.2) is 32.2 Å². The summed E-state index contributed by atoms with van der Waals surface area (Å²) in [5.41, 5.74) is 9.51. The summed E-state index contributed by atoms with van der Waals surface area (Å²) in [6, 6.07) is 12.9. The van der Waals surface area contributed by atoms with E-state index in [9.17, 15) is 4.79 Å². The van der Waals surface area contributed by atoms with Crippen molar-refractivity contribution in [2.24, 2.45) is 0 Å². The molecule has 0 atom stereocenters. The standard InChI is InChI=1S/C28H31N3O4/c1-6-8-12-19(13-9-7-2)23-18-24(21-14-10-11-15-22(21)29-23)30-31-28(32)20-16-25(33-3)27(35-5)26(17-20)34-4/h6,8,10-18H,1,7,9H2,2-5H3,(H,29,30)(H,31,32)/b12-8-,19-13+. The first-order chi connectivity index (χ1) is 17.1. The number of carbonyl (C=O) groups excluding carboxylic acids is 1. The third-order valence-corrected chi connectivity index (χ3v) is 5.31. The van der Waals surface area contributed by atoms with Gasteiger partial charge in [-0.25, -0.2) is 4.98 Å². The Morgan fingerprint density at radius 1 is 1.06 bits per heavy atom. The maximum absolute atomic E-state index is 13.0. The summed E-state index contributed by atoms with van der Waals surface area (Å²) in [6.45, 7) is 5.90. The molecular formula is C28H31N3O4. The number of para-hydroxylation sites is 1. The van der Waals surface area contributed by atoms with Gasteiger partial charge in [0.2, 0.25) is 5.75 Å². The van der Waals surface area contributed by atoms with Crippen LogP contribution < -0.4 is 25.1 Å². The number of ether oxygens (including phenoxy) is 3. The minimum atomic E-state index is -0.361. The topological polar surface area (TPSA) is 81.7 Å². The molecule has 0 radical (unpaired) electrons. The van der Waals surface area contributed by atoms with Crippen molar-refractivity contribution in [2.75, 3.05) is 26.8 Å². The number of hydrogen-bond donors (Lipinski definition) is 2. The highest BCUT2D eigenvalue weighted by molar-refractivity contribution is 5.98. The van der Waals surface area contributed by atoms with Crippen molar-refractivity contribution >= 4 is 28.1 Å². The number of nitrogens with one attached hydrogen (secondary N) is 2. The second kappa shape index (κ2) is 12.3. The molecule has 0 spiro atoms. The summed E-state index contributed by atoms with van der Waals surface area (Å²) in [4.78, 5) is 17.9. The fraction of sp³-hybridized carbons (Fsp3) is 0.214. The van der Waals surface area contributed by atoms with Crippen LogP contribution >= 0.6 is 0 Å². The highest BCUT2D eigenvalue weighted by Crippen LogP contribution is 2.38. The van der Waals surface area contributed by atoms with Crippen LogP contribution in [0.2, 0.25) is 0 Å². The Kier molecular flexibility index (Phi) is 8.89. The molecule has 7 nitrogen and oxygen atoms in total. The summed E-state index contributed by atoms with van der Waals surface area (Å²) >= 11 is 0. The number of carbonyl (C=O) groups is 1. The smallest absolute Gasteiger partial charge is 0.269 e. The van der Waals surface area contributed by atoms with Crippen LogP contribution in [0.3, 0.4) is 0 Å². The summed E-state index contributed by atoms with van der Waals surface area (Å²) in [5, 5.41) is 0.879. The molecule has 1 heterocycles. The minimum absolute atomic E-state index is 0.350. The summed E-state index contributed by atoms with van der Waals surface area (Å²) in [7, 11) is 4.53. The van der Waals surface area contributed by atoms with Crippen molar-refractivity contribution in [1.29, 1.82) is 0 Å². The number of anilines is 1. The molecule has 1 aromatic heterocycles. The SMILES string of the molecule is C=C/C=C\C(=C/CCC)c1cc(NNC(=O)c2cc(OC)c(OC)c(OC)c2)c2ccccc2n1. The quantitative estimate of drug-likeness (QED) is 0.265. The largest absolute Gasteiger partial charge is 0.493 e. The molecule has 0 bridgehead atoms. The summed E-state index contributed by atoms with van der Waals surface area (Å²) in [6.07, 6.45) is 9.70. The summed E-state index contributed by atoms with van der Waals surface area (Å²) in [5.74, 6) is 0.852. The number of allylic oxidation sites excluding steroid dienone is 5. The molecule has 182 valence electrons. The highest BCUT2D eigenvalue weighted by Gasteiger charge is 2.17. The second-order valence-corrected chi connectivity index (χ2v) is 7.61. The lowest BCUT2D eigenvalue weighted by molar-refractivity contribution is 0.0962. The van der Waals surface area contributed by atoms with Gasteiger partial charge >= 0.3 is 0 Å². The zero-order chi connectivity index (χ0) is 25.2. The zero-order valence-electron chi connectivity index (χ0n) is 20.6. The Hall–Kier alpha value is -4.26. The van der Waals surface area contributed by atoms with Crippen molar-refractivity contribution in [2.45, 2.75) is 19.8 Å². The third kappa shape index (κ3) is 6.00. The number of fused-ring (bicyclic) bond motifs is 1. The van der Waals surface area contributed by atoms with E-state index in [2.05, 4.69) is 30.4 Å². The molecule has 0 aliphatic carbocycles. The molecule has 1 amide bonds. The van der Waals surface area contributed by atoms with Crippen LogP contribution in [0.15, 0.2) is 73.3 Å². The van der Waals surface area contributed by atoms with E-state index in [4.69, 9.17) is 19.2 Å². The number of hydrogen-bond acceptors (Lipinski definition) is 6. The molecule has 3 rings (SSSR count). The molecule has 0 unspecified atom stereocenters. The lowest BCUT2D eigenvalue weighted by atomic mass is 10.1. The van der Waals surface area contributed by atoms with Crippen LogP contribution in [0.1, 0.15) is 35.8 Å². The van der Waals surface area contributed by atoms with Crippen molar-refractivity contribution in [3.8, 4) is 17.2 Å². The Bertz CT molecular complexity index is 1240. The fourth-order valence-corrected chi connectivity index (χ4v) is 3.56. The van der Waals surface area contributed by atoms with Gasteiger partial charge in [-0.3, -0.25) is 15.6 Å². The first-order valence-corrected chi connectivity index (χ1v) is 11.3. The average molecular weight is 474 g/mol. The van der Waals surface area contributed by atoms with Gasteiger partial charge in [-0.15, -0.1) is 0 Å². The van der Waals surface area contributed by atoms with Crippen molar-refractivity contribution < 1.29 is 19.0 Å². The predicted molar refractivity (Wildman–Crippen MR) is 141 cm³/mol. The Morgan fingerprint density at radius 3 is 2.40 bits per heavy atom. The van der Waals surface area contributed by atoms with E-state index in [-0.39, 0.29) is 5.91 Å². The van der Waals surface area contributed by atoms with Gasteiger partial charge in [-0.2, -0.15) is 0 Å². The number of nitrogens with zero attached hydrogens (tertiary/aromatic N) is 1. The number of unbranched alkanes of at least 4 members (excludes halogenated alkanes) is 1. The Morgan fingerprint density at radius 2 is 1.77 bits per heavy atom. The van der Waals surface area contributed by atoms with Gasteiger partial charge in [0.25, 0.3) is 5.91 Å². The van der Waals surface area contributed by atoms with E-state index in [1.807, 2.05) is 42.5 Å². The van der Waals surface area contributed by atoms with E-state index >= 15 is 0 Å². The Labute approximate surface area is 206 Å². The second-order valence-electron chi connectivity index (χ2n) is 7.61. The maximum Gasteiger partial charge on any atom is 0.269 e. The molecule has 7 heteroatoms. The van der Waals surface area contributed by atoms with Crippen LogP contribution in [0, 0.1) is 0 Å². The van der Waals surface area contributed by atoms with Crippen LogP contribution in [0.4, 0.5) is 5.69 Å². The van der Waals surface area contributed by atoms with Crippen molar-refractivity contribution in [3.63, 3.8) is 0 Å². The minimum Gasteiger partial charge on any atom is -0.493 e. The predicted octanol–water partition coefficient (Wildman–Crippen LogP) is 5.94. The molecule has 2 N–H and O–H groups in total. The number of pyridine rings is 1. The maximum atomic E-state index is 13.0. The lowest BCUT2D eigenvalue weighted by Crippen LogP contribution is -2.29. The van der Waals surface area contributed by atoms with Gasteiger partial charge in [0, 0.05) is 10.9 Å². The highest BCUT2D eigenvalue weighted by atomic mass is 16.5. The molecular weight excluding hydrogens is 442 g/mol. The monoisotopic (exact) mass is 473 g/mol. The molecule has 0 aliphatic rings. The molecule has 0 saturated heterocycles. The van der Waals surface area contributed by atoms with E-state index < -0.39 is 0 Å². The van der Waals surface area contributed by atoms with Gasteiger partial charge in [0.1, 0.15) is 0 Å². The van der Waals surface area contributed by atoms with Gasteiger partial charge in [0.05, 0.1) is 38.2 Å². The fourth-order valence-electron chi connectivity index (χ4n) is 3.56. The van der Waals surface area contributed by atoms with E-state index in [1.165, 1.54) is 21.3 Å². The Balaban J connectivity index is 1.96. The van der Waals surface area contributed by atoms with Gasteiger partial charge in [-0.1, -0.05) is 62.4 Å². The van der Waals surface area contributed by atoms with E-state index in [0.717, 1.165) is 40.7 Å². The van der Waals surface area contributed by atoms with Crippen LogP contribution in [0.25, 0.3) is 16.5 Å². The van der Waals surface area contributed by atoms with Gasteiger partial charge in [-0.05, 0) is 36.3 Å². The lowest BCUT2D eigenvalue weighted by Gasteiger charge is -2.16. The van der Waals surface area contributed by atoms with E-state index in [1.54, 1.807) is 18.2 Å². The zero-order valence-corrected chi connectivity index (χ0v) is 20.6. The number of methoxy groups -OCH3 is 3. The number of amides is 1. The van der Waals surface area contributed by atoms with Gasteiger partial charge in [0.15, 0.2) is 11.5 Å². The summed E-state index contributed by atoms with van der Waals surface area (Å²) < 4.78 is 16.1. The van der Waals surface area contributed by atoms with E-state index in [0.29, 0.717) is 22.8 Å². The van der Waals surface area contributed by atoms with Crippen LogP contribution in [-0.2, 0) is 0 Å². The first kappa shape index (κ1) is 25.4. The number of hydrazine groups is 1. The molecule has 0 saturated carbocycles. The van der Waals surface area contributed by atoms with Crippen molar-refractivity contribution in [1.82, 2.24) is 10.4 Å². The number of benzene rings is 2. The van der Waals surface area contributed by atoms with Crippen molar-refractivity contribution in [3.05, 3.63) is 84.6 Å². The number of aromatic nitrogens is 1. The van der Waals surface area contributed by atoms with Crippen LogP contribution in [0.5, 0.6) is 17.2 Å². The normalized spacial score (nSPS) is 11.4. The molecule has 2 aromatic carbocycles. The number of rotatable bonds is 11. The molecule has 35 heavy (non-hydrogen) atoms. The average Bonchev–Trinajstić information content (AvgIpc) is 2.90. The first-order valence-electron chi connectivity index (χ1n) is 11.3. The molecule has 0 fully saturated rings. The molecule has 3 aromatic rings. The third-order valence-electron chi connectivity index (χ3n) is 5.31. The molecule has 0 aliphatic heterocycles.